The van der Waals surface area contributed by atoms with Crippen LogP contribution in [-0.4, -0.2) is 216 Å². The molecule has 0 spiro atoms. The molecular weight excluding hydrogens is 1190 g/mol. The van der Waals surface area contributed by atoms with Gasteiger partial charge in [0, 0.05) is 55.0 Å². The molecule has 0 saturated heterocycles. The van der Waals surface area contributed by atoms with E-state index in [2.05, 4.69) is 30.3 Å². The van der Waals surface area contributed by atoms with Crippen LogP contribution in [-0.2, 0) is 88.0 Å². The Bertz CT molecular complexity index is 2740. The number of hydrogen-bond donors (Lipinski definition) is 4. The van der Waals surface area contributed by atoms with Crippen LogP contribution in [0.4, 0.5) is 28.0 Å². The summed E-state index contributed by atoms with van der Waals surface area (Å²) in [5.41, 5.74) is 9.43. The summed E-state index contributed by atoms with van der Waals surface area (Å²) < 4.78 is 150. The van der Waals surface area contributed by atoms with Crippen molar-refractivity contribution in [3.05, 3.63) is 70.8 Å². The summed E-state index contributed by atoms with van der Waals surface area (Å²) in [7, 11) is -5.65. The molecule has 0 fully saturated rings. The summed E-state index contributed by atoms with van der Waals surface area (Å²) in [6, 6.07) is 5.54. The van der Waals surface area contributed by atoms with Crippen molar-refractivity contribution in [1.29, 1.82) is 0 Å². The highest BCUT2D eigenvalue weighted by atomic mass is 32.2. The number of nitrogens with two attached hydrogens (primary N) is 1. The molecule has 1 aliphatic rings. The van der Waals surface area contributed by atoms with Crippen LogP contribution in [0.3, 0.4) is 0 Å². The Morgan fingerprint density at radius 2 is 1.13 bits per heavy atom. The number of esters is 1. The molecular formula is C55H77F4N7O20S. The van der Waals surface area contributed by atoms with Crippen molar-refractivity contribution in [3.8, 4) is 16.9 Å². The second-order valence-electron chi connectivity index (χ2n) is 18.5. The smallest absolute Gasteiger partial charge is 0.407 e. The van der Waals surface area contributed by atoms with Crippen LogP contribution in [0.2, 0.25) is 0 Å². The number of nitrogens with zero attached hydrogens (tertiary/aromatic N) is 4. The molecule has 5 N–H and O–H groups in total. The number of hydroxylamine groups is 2. The monoisotopic (exact) mass is 1260 g/mol. The predicted molar refractivity (Wildman–Crippen MR) is 300 cm³/mol. The lowest BCUT2D eigenvalue weighted by Crippen LogP contribution is -2.37. The average Bonchev–Trinajstić information content (AvgIpc) is 3.94. The van der Waals surface area contributed by atoms with E-state index in [0.29, 0.717) is 134 Å². The predicted octanol–water partition coefficient (Wildman–Crippen LogP) is 4.20. The van der Waals surface area contributed by atoms with Gasteiger partial charge in [-0.25, -0.2) is 33.6 Å². The van der Waals surface area contributed by atoms with Gasteiger partial charge in [0.25, 0.3) is 5.91 Å². The zero-order chi connectivity index (χ0) is 63.2. The second kappa shape index (κ2) is 41.7. The van der Waals surface area contributed by atoms with Crippen molar-refractivity contribution < 1.29 is 111 Å². The topological polar surface area (TPSA) is 334 Å². The van der Waals surface area contributed by atoms with Crippen molar-refractivity contribution in [2.24, 2.45) is 10.7 Å². The molecule has 32 heteroatoms. The number of amidine groups is 1. The number of aliphatic imine (C=N–C) groups is 1. The van der Waals surface area contributed by atoms with E-state index in [1.165, 1.54) is 5.06 Å². The van der Waals surface area contributed by atoms with Gasteiger partial charge in [-0.1, -0.05) is 19.1 Å². The van der Waals surface area contributed by atoms with E-state index in [0.717, 1.165) is 5.56 Å². The van der Waals surface area contributed by atoms with E-state index in [-0.39, 0.29) is 95.9 Å². The molecule has 0 saturated carbocycles. The van der Waals surface area contributed by atoms with Gasteiger partial charge in [0.2, 0.25) is 23.3 Å². The molecule has 87 heavy (non-hydrogen) atoms. The van der Waals surface area contributed by atoms with Crippen LogP contribution in [0.15, 0.2) is 46.1 Å². The molecule has 0 radical (unpaired) electrons. The largest absolute Gasteiger partial charge is 0.447 e. The molecule has 0 aliphatic carbocycles. The maximum atomic E-state index is 14.0. The number of alkyl carbamates (subject to hydrolysis) is 1. The van der Waals surface area contributed by atoms with Crippen molar-refractivity contribution in [2.75, 3.05) is 152 Å². The van der Waals surface area contributed by atoms with Crippen LogP contribution in [0.5, 0.6) is 5.75 Å². The number of halogens is 4. The zero-order valence-electron chi connectivity index (χ0n) is 48.8. The van der Waals surface area contributed by atoms with E-state index in [1.54, 1.807) is 32.3 Å². The number of hydrogen-bond acceptors (Lipinski definition) is 23. The molecule has 4 rings (SSSR count). The van der Waals surface area contributed by atoms with Gasteiger partial charge in [-0.15, -0.1) is 0 Å². The van der Waals surface area contributed by atoms with E-state index < -0.39 is 62.5 Å². The maximum absolute atomic E-state index is 14.0. The van der Waals surface area contributed by atoms with Crippen LogP contribution in [0.25, 0.3) is 17.2 Å². The molecule has 2 heterocycles. The van der Waals surface area contributed by atoms with Gasteiger partial charge in [0.15, 0.2) is 16.5 Å². The minimum absolute atomic E-state index is 0.0121. The fourth-order valence-electron chi connectivity index (χ4n) is 7.20. The standard InChI is InChI=1S/C55H77F4N7O20S/c1-4-10-66(84-13-9-61-55(70)85-38(2)3)54(69)41-32-40-6-5-39(33-43(40)65-44(60)34-41)42-35-62-45(63-36-42)37-64-46(67)7-11-74-14-16-76-18-20-78-22-24-80-26-28-82-30-31-83-29-27-81-25-23-79-21-19-77-17-15-75-12-8-47(68)86-52-48(56)50(58)53(87(71,72)73)51(59)49(52)57/h5-6,32-33,35-36,38H,4,7-31,34,37H2,1-3H3,(H2,60,65)(H,61,70)(H,64,67)(H,71,72,73). The van der Waals surface area contributed by atoms with E-state index in [9.17, 15) is 45.2 Å². The van der Waals surface area contributed by atoms with Gasteiger partial charge in [-0.2, -0.15) is 17.2 Å². The highest BCUT2D eigenvalue weighted by molar-refractivity contribution is 7.85. The Hall–Kier alpha value is -6.40. The fourth-order valence-corrected chi connectivity index (χ4v) is 7.83. The number of rotatable bonds is 46. The van der Waals surface area contributed by atoms with E-state index in [1.807, 2.05) is 25.1 Å². The second-order valence-corrected chi connectivity index (χ2v) is 19.9. The number of carbonyl (C=O) groups excluding carboxylic acids is 4. The molecule has 0 bridgehead atoms. The summed E-state index contributed by atoms with van der Waals surface area (Å²) in [5, 5.41) is 6.65. The molecule has 0 atom stereocenters. The summed E-state index contributed by atoms with van der Waals surface area (Å²) in [6.07, 6.45) is 4.53. The van der Waals surface area contributed by atoms with Crippen molar-refractivity contribution in [1.82, 2.24) is 25.7 Å². The number of fused-ring (bicyclic) bond motifs is 1. The van der Waals surface area contributed by atoms with E-state index in [4.69, 9.17) is 67.2 Å². The number of aromatic nitrogens is 2. The number of benzene rings is 2. The summed E-state index contributed by atoms with van der Waals surface area (Å²) in [6.45, 7) is 11.6. The lowest BCUT2D eigenvalue weighted by atomic mass is 10.0. The fraction of sp³-hybridized carbons (Fsp3) is 0.582. The van der Waals surface area contributed by atoms with E-state index >= 15 is 0 Å². The van der Waals surface area contributed by atoms with Gasteiger partial charge in [0.1, 0.15) is 11.7 Å². The first-order valence-electron chi connectivity index (χ1n) is 27.9. The normalized spacial score (nSPS) is 12.3. The molecule has 1 aromatic heterocycles. The first-order chi connectivity index (χ1) is 41.9. The average molecular weight is 1260 g/mol. The van der Waals surface area contributed by atoms with Gasteiger partial charge in [-0.3, -0.25) is 23.8 Å². The number of ether oxygens (including phenoxy) is 12. The van der Waals surface area contributed by atoms with Crippen LogP contribution in [0.1, 0.15) is 57.8 Å². The lowest BCUT2D eigenvalue weighted by Gasteiger charge is -2.22. The Morgan fingerprint density at radius 1 is 0.655 bits per heavy atom. The first kappa shape index (κ1) is 73.1. The number of nitrogens with one attached hydrogen (secondary N) is 2. The van der Waals surface area contributed by atoms with Gasteiger partial charge < -0.3 is 73.2 Å². The quantitative estimate of drug-likeness (QED) is 0.0117. The SMILES string of the molecule is CCCN(OCCNC(=O)OC(C)C)C(=O)C1=Cc2ccc(-c3cnc(CNC(=O)CCOCCOCCOCCOCCOCCOCCOCCOCCOCCOCCC(=O)Oc4c(F)c(F)c(S(=O)(=O)O)c(F)c4F)nc3)cc2N=C(N)C1. The third kappa shape index (κ3) is 29.0. The highest BCUT2D eigenvalue weighted by Crippen LogP contribution is 2.34. The molecule has 0 unspecified atom stereocenters. The van der Waals surface area contributed by atoms with Gasteiger partial charge in [0.05, 0.1) is 164 Å². The summed E-state index contributed by atoms with van der Waals surface area (Å²) >= 11 is 0. The minimum Gasteiger partial charge on any atom is -0.447 e. The Labute approximate surface area is 501 Å². The Balaban J connectivity index is 0.886. The molecule has 1 aliphatic heterocycles. The van der Waals surface area contributed by atoms with Crippen LogP contribution >= 0.6 is 0 Å². The maximum Gasteiger partial charge on any atom is 0.407 e. The van der Waals surface area contributed by atoms with Crippen LogP contribution < -0.4 is 21.1 Å². The van der Waals surface area contributed by atoms with Gasteiger partial charge >= 0.3 is 22.2 Å². The Kier molecular flexibility index (Phi) is 35.0. The van der Waals surface area contributed by atoms with Crippen molar-refractivity contribution >= 4 is 51.6 Å². The number of amides is 3. The lowest BCUT2D eigenvalue weighted by molar-refractivity contribution is -0.181. The molecule has 2 aromatic carbocycles. The third-order valence-corrected chi connectivity index (χ3v) is 12.2. The molecule has 3 aromatic rings. The minimum atomic E-state index is -5.65. The van der Waals surface area contributed by atoms with Crippen molar-refractivity contribution in [3.63, 3.8) is 0 Å². The van der Waals surface area contributed by atoms with Gasteiger partial charge in [-0.05, 0) is 38.0 Å². The highest BCUT2D eigenvalue weighted by Gasteiger charge is 2.34. The summed E-state index contributed by atoms with van der Waals surface area (Å²) in [5.74, 6) is -12.6. The summed E-state index contributed by atoms with van der Waals surface area (Å²) in [4.78, 5) is 66.5. The Morgan fingerprint density at radius 3 is 1.59 bits per heavy atom. The van der Waals surface area contributed by atoms with Crippen LogP contribution in [0, 0.1) is 23.3 Å². The molecule has 27 nitrogen and oxygen atoms in total. The zero-order valence-corrected chi connectivity index (χ0v) is 49.6. The first-order valence-corrected chi connectivity index (χ1v) is 29.3. The molecule has 486 valence electrons. The number of carbonyl (C=O) groups is 4. The molecule has 3 amide bonds. The third-order valence-electron chi connectivity index (χ3n) is 11.3. The van der Waals surface area contributed by atoms with Crippen molar-refractivity contribution in [2.45, 2.75) is 64.0 Å².